The number of rotatable bonds is 2. The molecule has 74 valence electrons. The number of methoxy groups -OCH3 is 1. The average Bonchev–Trinajstić information content (AvgIpc) is 2.78. The van der Waals surface area contributed by atoms with Crippen LogP contribution >= 0.6 is 11.3 Å². The van der Waals surface area contributed by atoms with E-state index < -0.39 is 0 Å². The zero-order chi connectivity index (χ0) is 10.7. The Hall–Kier alpha value is -1.79. The fourth-order valence-electron chi connectivity index (χ4n) is 1.31. The third-order valence-electron chi connectivity index (χ3n) is 2.09. The van der Waals surface area contributed by atoms with E-state index in [0.717, 1.165) is 21.1 Å². The maximum Gasteiger partial charge on any atom is 0.118 e. The summed E-state index contributed by atoms with van der Waals surface area (Å²) in [7, 11) is 1.65. The van der Waals surface area contributed by atoms with Gasteiger partial charge in [-0.25, -0.2) is 0 Å². The van der Waals surface area contributed by atoms with Crippen molar-refractivity contribution in [1.82, 2.24) is 0 Å². The Morgan fingerprint density at radius 2 is 1.87 bits per heavy atom. The van der Waals surface area contributed by atoms with Gasteiger partial charge >= 0.3 is 0 Å². The summed E-state index contributed by atoms with van der Waals surface area (Å²) < 4.78 is 5.08. The van der Waals surface area contributed by atoms with Crippen LogP contribution < -0.4 is 4.74 Å². The molecule has 0 amide bonds. The van der Waals surface area contributed by atoms with Crippen molar-refractivity contribution < 1.29 is 4.74 Å². The van der Waals surface area contributed by atoms with Gasteiger partial charge in [0, 0.05) is 4.88 Å². The summed E-state index contributed by atoms with van der Waals surface area (Å²) in [6.45, 7) is 0. The van der Waals surface area contributed by atoms with Crippen LogP contribution in [0.2, 0.25) is 0 Å². The third kappa shape index (κ3) is 2.00. The largest absolute Gasteiger partial charge is 0.497 e. The highest BCUT2D eigenvalue weighted by Gasteiger charge is 2.02. The van der Waals surface area contributed by atoms with E-state index >= 15 is 0 Å². The molecule has 0 atom stereocenters. The van der Waals surface area contributed by atoms with Crippen molar-refractivity contribution in [2.75, 3.05) is 7.11 Å². The molecule has 0 unspecified atom stereocenters. The van der Waals surface area contributed by atoms with Gasteiger partial charge in [-0.2, -0.15) is 5.26 Å². The molecule has 0 aliphatic heterocycles. The van der Waals surface area contributed by atoms with Crippen molar-refractivity contribution >= 4 is 11.3 Å². The van der Waals surface area contributed by atoms with Crippen LogP contribution in [0.15, 0.2) is 36.4 Å². The van der Waals surface area contributed by atoms with Crippen LogP contribution in [0.5, 0.6) is 5.75 Å². The summed E-state index contributed by atoms with van der Waals surface area (Å²) in [6, 6.07) is 13.8. The van der Waals surface area contributed by atoms with Crippen LogP contribution in [0.4, 0.5) is 0 Å². The van der Waals surface area contributed by atoms with Crippen LogP contribution in [0.1, 0.15) is 4.88 Å². The lowest BCUT2D eigenvalue weighted by Crippen LogP contribution is -1.81. The van der Waals surface area contributed by atoms with Gasteiger partial charge in [-0.1, -0.05) is 0 Å². The molecule has 0 aliphatic carbocycles. The van der Waals surface area contributed by atoms with Gasteiger partial charge < -0.3 is 4.74 Å². The first-order valence-corrected chi connectivity index (χ1v) is 5.29. The fourth-order valence-corrected chi connectivity index (χ4v) is 2.12. The van der Waals surface area contributed by atoms with Gasteiger partial charge in [0.05, 0.1) is 7.11 Å². The summed E-state index contributed by atoms with van der Waals surface area (Å²) >= 11 is 1.50. The van der Waals surface area contributed by atoms with Crippen LogP contribution in [0.25, 0.3) is 10.4 Å². The molecule has 0 spiro atoms. The zero-order valence-electron chi connectivity index (χ0n) is 8.23. The molecule has 2 rings (SSSR count). The Morgan fingerprint density at radius 3 is 2.40 bits per heavy atom. The predicted octanol–water partition coefficient (Wildman–Crippen LogP) is 3.30. The number of hydrogen-bond acceptors (Lipinski definition) is 3. The molecule has 1 aromatic heterocycles. The fraction of sp³-hybridized carbons (Fsp3) is 0.0833. The van der Waals surface area contributed by atoms with Gasteiger partial charge in [-0.3, -0.25) is 0 Å². The molecule has 2 nitrogen and oxygen atoms in total. The Bertz CT molecular complexity index is 493. The minimum Gasteiger partial charge on any atom is -0.497 e. The standard InChI is InChI=1S/C12H9NOS/c1-14-10-4-2-9(3-5-10)12-7-6-11(8-13)15-12/h2-7H,1H3. The molecule has 0 N–H and O–H groups in total. The Labute approximate surface area is 92.4 Å². The van der Waals surface area contributed by atoms with Gasteiger partial charge in [-0.15, -0.1) is 11.3 Å². The summed E-state index contributed by atoms with van der Waals surface area (Å²) in [5, 5.41) is 8.72. The van der Waals surface area contributed by atoms with Gasteiger partial charge in [0.1, 0.15) is 16.7 Å². The van der Waals surface area contributed by atoms with E-state index in [0.29, 0.717) is 0 Å². The van der Waals surface area contributed by atoms with Crippen molar-refractivity contribution in [3.8, 4) is 22.3 Å². The van der Waals surface area contributed by atoms with Crippen molar-refractivity contribution in [1.29, 1.82) is 5.26 Å². The van der Waals surface area contributed by atoms with Crippen LogP contribution in [-0.4, -0.2) is 7.11 Å². The van der Waals surface area contributed by atoms with Crippen LogP contribution in [0.3, 0.4) is 0 Å². The second-order valence-corrected chi connectivity index (χ2v) is 4.09. The molecule has 1 heterocycles. The van der Waals surface area contributed by atoms with Gasteiger partial charge in [0.25, 0.3) is 0 Å². The monoisotopic (exact) mass is 215 g/mol. The first-order valence-electron chi connectivity index (χ1n) is 4.48. The molecule has 15 heavy (non-hydrogen) atoms. The molecular weight excluding hydrogens is 206 g/mol. The lowest BCUT2D eigenvalue weighted by Gasteiger charge is -2.00. The quantitative estimate of drug-likeness (QED) is 0.770. The SMILES string of the molecule is COc1ccc(-c2ccc(C#N)s2)cc1. The van der Waals surface area contributed by atoms with E-state index in [4.69, 9.17) is 10.00 Å². The lowest BCUT2D eigenvalue weighted by molar-refractivity contribution is 0.415. The van der Waals surface area contributed by atoms with Crippen molar-refractivity contribution in [3.63, 3.8) is 0 Å². The zero-order valence-corrected chi connectivity index (χ0v) is 9.04. The molecule has 3 heteroatoms. The first-order chi connectivity index (χ1) is 7.33. The molecule has 0 aliphatic rings. The van der Waals surface area contributed by atoms with Crippen molar-refractivity contribution in [2.24, 2.45) is 0 Å². The highest BCUT2D eigenvalue weighted by molar-refractivity contribution is 7.16. The molecular formula is C12H9NOS. The topological polar surface area (TPSA) is 33.0 Å². The van der Waals surface area contributed by atoms with E-state index in [2.05, 4.69) is 6.07 Å². The van der Waals surface area contributed by atoms with E-state index in [9.17, 15) is 0 Å². The minimum atomic E-state index is 0.737. The van der Waals surface area contributed by atoms with E-state index in [1.807, 2.05) is 36.4 Å². The Morgan fingerprint density at radius 1 is 1.13 bits per heavy atom. The predicted molar refractivity (Wildman–Crippen MR) is 61.0 cm³/mol. The number of ether oxygens (including phenoxy) is 1. The van der Waals surface area contributed by atoms with Gasteiger partial charge in [0.2, 0.25) is 0 Å². The smallest absolute Gasteiger partial charge is 0.118 e. The Kier molecular flexibility index (Phi) is 2.70. The molecule has 2 aromatic rings. The molecule has 0 saturated carbocycles. The normalized spacial score (nSPS) is 9.60. The highest BCUT2D eigenvalue weighted by Crippen LogP contribution is 2.28. The van der Waals surface area contributed by atoms with E-state index in [1.165, 1.54) is 11.3 Å². The number of hydrogen-bond donors (Lipinski definition) is 0. The maximum absolute atomic E-state index is 8.72. The van der Waals surface area contributed by atoms with Crippen LogP contribution in [0, 0.1) is 11.3 Å². The van der Waals surface area contributed by atoms with E-state index in [1.54, 1.807) is 7.11 Å². The summed E-state index contributed by atoms with van der Waals surface area (Å²) in [4.78, 5) is 1.84. The number of nitrogens with zero attached hydrogens (tertiary/aromatic N) is 1. The number of benzene rings is 1. The molecule has 0 radical (unpaired) electrons. The summed E-state index contributed by atoms with van der Waals surface area (Å²) in [5.74, 6) is 0.843. The summed E-state index contributed by atoms with van der Waals surface area (Å²) in [5.41, 5.74) is 1.11. The molecule has 1 aromatic carbocycles. The minimum absolute atomic E-state index is 0.737. The van der Waals surface area contributed by atoms with Crippen LogP contribution in [-0.2, 0) is 0 Å². The number of thiophene rings is 1. The van der Waals surface area contributed by atoms with Gasteiger partial charge in [-0.05, 0) is 42.0 Å². The maximum atomic E-state index is 8.72. The lowest BCUT2D eigenvalue weighted by atomic mass is 10.2. The molecule has 0 saturated heterocycles. The third-order valence-corrected chi connectivity index (χ3v) is 3.13. The second kappa shape index (κ2) is 4.16. The van der Waals surface area contributed by atoms with Crippen molar-refractivity contribution in [3.05, 3.63) is 41.3 Å². The Balaban J connectivity index is 2.33. The van der Waals surface area contributed by atoms with E-state index in [-0.39, 0.29) is 0 Å². The molecule has 0 fully saturated rings. The highest BCUT2D eigenvalue weighted by atomic mass is 32.1. The first kappa shape index (κ1) is 9.75. The average molecular weight is 215 g/mol. The number of nitriles is 1. The van der Waals surface area contributed by atoms with Crippen molar-refractivity contribution in [2.45, 2.75) is 0 Å². The molecule has 0 bridgehead atoms. The summed E-state index contributed by atoms with van der Waals surface area (Å²) in [6.07, 6.45) is 0. The second-order valence-electron chi connectivity index (χ2n) is 3.00. The van der Waals surface area contributed by atoms with Gasteiger partial charge in [0.15, 0.2) is 0 Å².